The highest BCUT2D eigenvalue weighted by atomic mass is 19.1. The van der Waals surface area contributed by atoms with Crippen LogP contribution in [-0.2, 0) is 0 Å². The van der Waals surface area contributed by atoms with E-state index in [0.29, 0.717) is 11.8 Å². The van der Waals surface area contributed by atoms with Crippen molar-refractivity contribution in [3.63, 3.8) is 0 Å². The number of rotatable bonds is 3. The monoisotopic (exact) mass is 350 g/mol. The van der Waals surface area contributed by atoms with Crippen LogP contribution in [-0.4, -0.2) is 0 Å². The van der Waals surface area contributed by atoms with Crippen molar-refractivity contribution in [1.29, 1.82) is 0 Å². The van der Waals surface area contributed by atoms with Crippen molar-refractivity contribution in [2.24, 2.45) is 5.92 Å². The summed E-state index contributed by atoms with van der Waals surface area (Å²) in [7, 11) is 0. The minimum atomic E-state index is -0.0141. The molecule has 0 radical (unpaired) electrons. The SMILES string of the molecule is CC1CCC(c2ccc(-c3ccc(C4CCCCC4)c(F)c3)cc2)CC1. The Kier molecular flexibility index (Phi) is 5.43. The summed E-state index contributed by atoms with van der Waals surface area (Å²) in [5, 5.41) is 0. The molecule has 0 aliphatic heterocycles. The second-order valence-corrected chi connectivity index (χ2v) is 8.65. The highest BCUT2D eigenvalue weighted by Gasteiger charge is 2.21. The molecule has 0 amide bonds. The first kappa shape index (κ1) is 17.8. The van der Waals surface area contributed by atoms with Crippen LogP contribution in [0.5, 0.6) is 0 Å². The molecule has 0 N–H and O–H groups in total. The van der Waals surface area contributed by atoms with Crippen molar-refractivity contribution in [3.8, 4) is 11.1 Å². The second kappa shape index (κ2) is 7.94. The maximum absolute atomic E-state index is 14.7. The minimum Gasteiger partial charge on any atom is -0.207 e. The molecule has 138 valence electrons. The molecule has 0 bridgehead atoms. The fourth-order valence-corrected chi connectivity index (χ4v) is 4.99. The van der Waals surface area contributed by atoms with Crippen LogP contribution >= 0.6 is 0 Å². The standard InChI is InChI=1S/C25H31F/c1-18-7-9-19(10-8-18)20-11-13-21(14-12-20)23-15-16-24(25(26)17-23)22-5-3-2-4-6-22/h11-19,22H,2-10H2,1H3. The van der Waals surface area contributed by atoms with Gasteiger partial charge in [0.2, 0.25) is 0 Å². The van der Waals surface area contributed by atoms with Crippen molar-refractivity contribution in [1.82, 2.24) is 0 Å². The van der Waals surface area contributed by atoms with Gasteiger partial charge in [0, 0.05) is 0 Å². The molecule has 0 atom stereocenters. The zero-order valence-corrected chi connectivity index (χ0v) is 16.0. The van der Waals surface area contributed by atoms with Crippen LogP contribution in [0.2, 0.25) is 0 Å². The maximum atomic E-state index is 14.7. The van der Waals surface area contributed by atoms with Gasteiger partial charge < -0.3 is 0 Å². The molecule has 0 heterocycles. The van der Waals surface area contributed by atoms with Crippen LogP contribution in [0.3, 0.4) is 0 Å². The highest BCUT2D eigenvalue weighted by molar-refractivity contribution is 5.64. The Morgan fingerprint density at radius 1 is 0.692 bits per heavy atom. The van der Waals surface area contributed by atoms with E-state index in [1.54, 1.807) is 6.07 Å². The first-order valence-electron chi connectivity index (χ1n) is 10.6. The van der Waals surface area contributed by atoms with Crippen molar-refractivity contribution >= 4 is 0 Å². The van der Waals surface area contributed by atoms with Gasteiger partial charge in [0.1, 0.15) is 5.82 Å². The average Bonchev–Trinajstić information content (AvgIpc) is 2.69. The van der Waals surface area contributed by atoms with Gasteiger partial charge in [0.05, 0.1) is 0 Å². The Labute approximate surface area is 157 Å². The van der Waals surface area contributed by atoms with Crippen LogP contribution in [0.1, 0.15) is 87.7 Å². The third-order valence-corrected chi connectivity index (χ3v) is 6.78. The lowest BCUT2D eigenvalue weighted by Crippen LogP contribution is -2.10. The predicted octanol–water partition coefficient (Wildman–Crippen LogP) is 7.83. The molecule has 0 unspecified atom stereocenters. The molecule has 2 aliphatic carbocycles. The molecule has 2 fully saturated rings. The van der Waals surface area contributed by atoms with E-state index in [4.69, 9.17) is 0 Å². The third kappa shape index (κ3) is 3.87. The van der Waals surface area contributed by atoms with Crippen molar-refractivity contribution in [2.45, 2.75) is 76.5 Å². The van der Waals surface area contributed by atoms with Crippen LogP contribution < -0.4 is 0 Å². The normalized spacial score (nSPS) is 24.5. The van der Waals surface area contributed by atoms with E-state index in [2.05, 4.69) is 37.3 Å². The highest BCUT2D eigenvalue weighted by Crippen LogP contribution is 2.37. The summed E-state index contributed by atoms with van der Waals surface area (Å²) in [5.41, 5.74) is 4.53. The lowest BCUT2D eigenvalue weighted by molar-refractivity contribution is 0.348. The Bertz CT molecular complexity index is 716. The van der Waals surface area contributed by atoms with Crippen LogP contribution in [0.4, 0.5) is 4.39 Å². The number of benzene rings is 2. The van der Waals surface area contributed by atoms with Gasteiger partial charge >= 0.3 is 0 Å². The molecular weight excluding hydrogens is 319 g/mol. The van der Waals surface area contributed by atoms with E-state index in [9.17, 15) is 4.39 Å². The van der Waals surface area contributed by atoms with E-state index in [1.165, 1.54) is 50.5 Å². The summed E-state index contributed by atoms with van der Waals surface area (Å²) < 4.78 is 14.7. The van der Waals surface area contributed by atoms with E-state index in [0.717, 1.165) is 35.4 Å². The smallest absolute Gasteiger partial charge is 0.127 e. The molecule has 0 spiro atoms. The quantitative estimate of drug-likeness (QED) is 0.529. The van der Waals surface area contributed by atoms with Gasteiger partial charge in [-0.2, -0.15) is 0 Å². The summed E-state index contributed by atoms with van der Waals surface area (Å²) in [5.74, 6) is 2.01. The zero-order valence-electron chi connectivity index (χ0n) is 16.0. The second-order valence-electron chi connectivity index (χ2n) is 8.65. The number of hydrogen-bond donors (Lipinski definition) is 0. The largest absolute Gasteiger partial charge is 0.207 e. The van der Waals surface area contributed by atoms with Crippen LogP contribution in [0.25, 0.3) is 11.1 Å². The van der Waals surface area contributed by atoms with Gasteiger partial charge in [-0.25, -0.2) is 4.39 Å². The van der Waals surface area contributed by atoms with Gasteiger partial charge in [0.15, 0.2) is 0 Å². The molecule has 0 nitrogen and oxygen atoms in total. The Balaban J connectivity index is 1.49. The van der Waals surface area contributed by atoms with E-state index < -0.39 is 0 Å². The lowest BCUT2D eigenvalue weighted by atomic mass is 9.79. The molecule has 1 heteroatoms. The topological polar surface area (TPSA) is 0 Å². The van der Waals surface area contributed by atoms with E-state index >= 15 is 0 Å². The molecule has 2 aromatic rings. The minimum absolute atomic E-state index is 0.0141. The van der Waals surface area contributed by atoms with Gasteiger partial charge in [0.25, 0.3) is 0 Å². The number of hydrogen-bond acceptors (Lipinski definition) is 0. The fourth-order valence-electron chi connectivity index (χ4n) is 4.99. The fraction of sp³-hybridized carbons (Fsp3) is 0.520. The molecule has 26 heavy (non-hydrogen) atoms. The summed E-state index contributed by atoms with van der Waals surface area (Å²) in [6.45, 7) is 2.37. The van der Waals surface area contributed by atoms with Crippen LogP contribution in [0.15, 0.2) is 42.5 Å². The predicted molar refractivity (Wildman–Crippen MR) is 108 cm³/mol. The summed E-state index contributed by atoms with van der Waals surface area (Å²) >= 11 is 0. The summed E-state index contributed by atoms with van der Waals surface area (Å²) in [4.78, 5) is 0. The van der Waals surface area contributed by atoms with Crippen molar-refractivity contribution in [3.05, 3.63) is 59.4 Å². The molecule has 0 aromatic heterocycles. The number of halogens is 1. The Morgan fingerprint density at radius 3 is 2.00 bits per heavy atom. The summed E-state index contributed by atoms with van der Waals surface area (Å²) in [6.07, 6.45) is 11.4. The van der Waals surface area contributed by atoms with Gasteiger partial charge in [-0.15, -0.1) is 0 Å². The maximum Gasteiger partial charge on any atom is 0.127 e. The molecule has 2 saturated carbocycles. The first-order chi connectivity index (χ1) is 12.7. The van der Waals surface area contributed by atoms with Gasteiger partial charge in [-0.05, 0) is 71.8 Å². The molecule has 0 saturated heterocycles. The Hall–Kier alpha value is -1.63. The zero-order chi connectivity index (χ0) is 17.9. The average molecular weight is 351 g/mol. The summed E-state index contributed by atoms with van der Waals surface area (Å²) in [6, 6.07) is 14.8. The van der Waals surface area contributed by atoms with Gasteiger partial charge in [-0.3, -0.25) is 0 Å². The third-order valence-electron chi connectivity index (χ3n) is 6.78. The van der Waals surface area contributed by atoms with Gasteiger partial charge in [-0.1, -0.05) is 75.4 Å². The first-order valence-corrected chi connectivity index (χ1v) is 10.6. The van der Waals surface area contributed by atoms with E-state index in [-0.39, 0.29) is 5.82 Å². The van der Waals surface area contributed by atoms with Crippen LogP contribution in [0, 0.1) is 11.7 Å². The molecule has 2 aliphatic rings. The molecular formula is C25H31F. The molecule has 2 aromatic carbocycles. The van der Waals surface area contributed by atoms with Crippen molar-refractivity contribution < 1.29 is 4.39 Å². The lowest BCUT2D eigenvalue weighted by Gasteiger charge is -2.26. The van der Waals surface area contributed by atoms with Crippen molar-refractivity contribution in [2.75, 3.05) is 0 Å². The Morgan fingerprint density at radius 2 is 1.35 bits per heavy atom. The molecule has 4 rings (SSSR count). The van der Waals surface area contributed by atoms with E-state index in [1.807, 2.05) is 6.07 Å².